The quantitative estimate of drug-likeness (QED) is 0.636. The number of hydrogen-bond acceptors (Lipinski definition) is 5. The molecule has 0 aliphatic heterocycles. The Kier molecular flexibility index (Phi) is 4.74. The Bertz CT molecular complexity index is 573. The molecule has 0 spiro atoms. The molecule has 0 unspecified atom stereocenters. The fourth-order valence-corrected chi connectivity index (χ4v) is 1.53. The number of carbonyl (C=O) groups is 1. The van der Waals surface area contributed by atoms with Gasteiger partial charge in [-0.15, -0.1) is 0 Å². The average molecular weight is 269 g/mol. The number of hydrogen-bond donors (Lipinski definition) is 3. The Morgan fingerprint density at radius 3 is 2.58 bits per heavy atom. The highest BCUT2D eigenvalue weighted by Crippen LogP contribution is 2.09. The van der Waals surface area contributed by atoms with Crippen molar-refractivity contribution in [1.29, 1.82) is 0 Å². The van der Waals surface area contributed by atoms with Crippen LogP contribution in [-0.4, -0.2) is 41.0 Å². The number of nitrogen functional groups attached to an aromatic ring is 1. The van der Waals surface area contributed by atoms with Gasteiger partial charge < -0.3 is 16.0 Å². The summed E-state index contributed by atoms with van der Waals surface area (Å²) in [6.45, 7) is 2.22. The van der Waals surface area contributed by atoms with Crippen molar-refractivity contribution in [3.05, 3.63) is 20.8 Å². The first-order valence-corrected chi connectivity index (χ1v) is 5.95. The summed E-state index contributed by atoms with van der Waals surface area (Å²) in [7, 11) is 3.21. The average Bonchev–Trinajstić information content (AvgIpc) is 2.33. The van der Waals surface area contributed by atoms with Crippen molar-refractivity contribution in [2.24, 2.45) is 0 Å². The zero-order valence-electron chi connectivity index (χ0n) is 11.3. The summed E-state index contributed by atoms with van der Waals surface area (Å²) >= 11 is 0. The number of carbonyl (C=O) groups excluding carboxylic acids is 1. The molecule has 0 atom stereocenters. The second-order valence-electron chi connectivity index (χ2n) is 4.31. The lowest BCUT2D eigenvalue weighted by Crippen LogP contribution is -2.36. The van der Waals surface area contributed by atoms with Crippen molar-refractivity contribution in [3.63, 3.8) is 0 Å². The molecule has 1 heterocycles. The van der Waals surface area contributed by atoms with Crippen LogP contribution in [0.2, 0.25) is 0 Å². The fraction of sp³-hybridized carbons (Fsp3) is 0.545. The van der Waals surface area contributed by atoms with Crippen LogP contribution >= 0.6 is 0 Å². The summed E-state index contributed by atoms with van der Waals surface area (Å²) in [5, 5.41) is 2.67. The molecule has 0 aromatic carbocycles. The molecular weight excluding hydrogens is 250 g/mol. The standard InChI is InChI=1S/C11H19N5O3/c1-4-5-16-9(12)8(10(18)14-11(16)19)13-6-7(17)15(2)3/h13H,4-6,12H2,1-3H3,(H,14,18,19). The zero-order chi connectivity index (χ0) is 14.6. The third-order valence-corrected chi connectivity index (χ3v) is 2.60. The maximum Gasteiger partial charge on any atom is 0.330 e. The monoisotopic (exact) mass is 269 g/mol. The highest BCUT2D eigenvalue weighted by molar-refractivity contribution is 5.81. The Balaban J connectivity index is 3.07. The number of nitrogens with zero attached hydrogens (tertiary/aromatic N) is 2. The molecular formula is C11H19N5O3. The van der Waals surface area contributed by atoms with Gasteiger partial charge in [0.1, 0.15) is 11.5 Å². The van der Waals surface area contributed by atoms with Crippen molar-refractivity contribution in [2.75, 3.05) is 31.7 Å². The second-order valence-corrected chi connectivity index (χ2v) is 4.31. The van der Waals surface area contributed by atoms with Gasteiger partial charge in [-0.25, -0.2) is 4.79 Å². The van der Waals surface area contributed by atoms with Crippen LogP contribution in [0.1, 0.15) is 13.3 Å². The van der Waals surface area contributed by atoms with Crippen molar-refractivity contribution in [2.45, 2.75) is 19.9 Å². The van der Waals surface area contributed by atoms with Gasteiger partial charge in [0.2, 0.25) is 5.91 Å². The largest absolute Gasteiger partial charge is 0.383 e. The zero-order valence-corrected chi connectivity index (χ0v) is 11.3. The predicted octanol–water partition coefficient (Wildman–Crippen LogP) is -0.971. The maximum absolute atomic E-state index is 11.7. The summed E-state index contributed by atoms with van der Waals surface area (Å²) in [5.41, 5.74) is 4.66. The van der Waals surface area contributed by atoms with E-state index in [0.717, 1.165) is 0 Å². The lowest BCUT2D eigenvalue weighted by Gasteiger charge is -2.14. The van der Waals surface area contributed by atoms with Crippen LogP contribution in [0.3, 0.4) is 0 Å². The van der Waals surface area contributed by atoms with Gasteiger partial charge in [0.25, 0.3) is 5.56 Å². The molecule has 1 amide bonds. The van der Waals surface area contributed by atoms with Gasteiger partial charge in [0.05, 0.1) is 6.54 Å². The summed E-state index contributed by atoms with van der Waals surface area (Å²) in [6, 6.07) is 0. The third-order valence-electron chi connectivity index (χ3n) is 2.60. The van der Waals surface area contributed by atoms with Crippen LogP contribution in [-0.2, 0) is 11.3 Å². The van der Waals surface area contributed by atoms with E-state index in [2.05, 4.69) is 10.3 Å². The van der Waals surface area contributed by atoms with E-state index < -0.39 is 11.2 Å². The van der Waals surface area contributed by atoms with E-state index >= 15 is 0 Å². The topological polar surface area (TPSA) is 113 Å². The Hall–Kier alpha value is -2.25. The van der Waals surface area contributed by atoms with Gasteiger partial charge in [0, 0.05) is 20.6 Å². The number of likely N-dealkylation sites (N-methyl/N-ethyl adjacent to an activating group) is 1. The van der Waals surface area contributed by atoms with Gasteiger partial charge in [0.15, 0.2) is 0 Å². The minimum atomic E-state index is -0.624. The third kappa shape index (κ3) is 3.36. The molecule has 0 radical (unpaired) electrons. The minimum Gasteiger partial charge on any atom is -0.383 e. The summed E-state index contributed by atoms with van der Waals surface area (Å²) in [5.74, 6) is -0.158. The number of H-pyrrole nitrogens is 1. The fourth-order valence-electron chi connectivity index (χ4n) is 1.53. The molecule has 8 heteroatoms. The number of nitrogens with two attached hydrogens (primary N) is 1. The normalized spacial score (nSPS) is 10.3. The highest BCUT2D eigenvalue weighted by atomic mass is 16.2. The number of anilines is 2. The van der Waals surface area contributed by atoms with E-state index in [4.69, 9.17) is 5.73 Å². The molecule has 0 fully saturated rings. The van der Waals surface area contributed by atoms with Crippen LogP contribution < -0.4 is 22.3 Å². The summed E-state index contributed by atoms with van der Waals surface area (Å²) < 4.78 is 1.27. The Morgan fingerprint density at radius 1 is 1.42 bits per heavy atom. The van der Waals surface area contributed by atoms with Crippen molar-refractivity contribution >= 4 is 17.4 Å². The SMILES string of the molecule is CCCn1c(N)c(NCC(=O)N(C)C)c(=O)[nH]c1=O. The number of rotatable bonds is 5. The molecule has 0 bridgehead atoms. The smallest absolute Gasteiger partial charge is 0.330 e. The van der Waals surface area contributed by atoms with Crippen LogP contribution in [0.25, 0.3) is 0 Å². The van der Waals surface area contributed by atoms with Crippen LogP contribution in [0.15, 0.2) is 9.59 Å². The first-order chi connectivity index (χ1) is 8.88. The van der Waals surface area contributed by atoms with E-state index in [1.54, 1.807) is 14.1 Å². The molecule has 1 aromatic heterocycles. The summed E-state index contributed by atoms with van der Waals surface area (Å²) in [4.78, 5) is 38.3. The van der Waals surface area contributed by atoms with E-state index in [-0.39, 0.29) is 24.0 Å². The first kappa shape index (κ1) is 14.8. The Labute approximate surface area is 110 Å². The molecule has 1 rings (SSSR count). The molecule has 0 saturated heterocycles. The molecule has 106 valence electrons. The minimum absolute atomic E-state index is 0.0437. The van der Waals surface area contributed by atoms with Gasteiger partial charge >= 0.3 is 5.69 Å². The predicted molar refractivity (Wildman–Crippen MR) is 73.2 cm³/mol. The highest BCUT2D eigenvalue weighted by Gasteiger charge is 2.13. The molecule has 8 nitrogen and oxygen atoms in total. The van der Waals surface area contributed by atoms with Crippen molar-refractivity contribution in [1.82, 2.24) is 14.5 Å². The summed E-state index contributed by atoms with van der Waals surface area (Å²) in [6.07, 6.45) is 0.701. The molecule has 0 aliphatic carbocycles. The van der Waals surface area contributed by atoms with Gasteiger partial charge in [-0.05, 0) is 6.42 Å². The van der Waals surface area contributed by atoms with Gasteiger partial charge in [-0.3, -0.25) is 19.1 Å². The number of aromatic nitrogens is 2. The number of amides is 1. The molecule has 4 N–H and O–H groups in total. The van der Waals surface area contributed by atoms with E-state index in [1.165, 1.54) is 9.47 Å². The van der Waals surface area contributed by atoms with Crippen molar-refractivity contribution < 1.29 is 4.79 Å². The molecule has 0 saturated carbocycles. The van der Waals surface area contributed by atoms with Crippen molar-refractivity contribution in [3.8, 4) is 0 Å². The Morgan fingerprint density at radius 2 is 2.05 bits per heavy atom. The number of aromatic amines is 1. The van der Waals surface area contributed by atoms with E-state index in [1.807, 2.05) is 6.92 Å². The molecule has 19 heavy (non-hydrogen) atoms. The van der Waals surface area contributed by atoms with Gasteiger partial charge in [-0.2, -0.15) is 0 Å². The van der Waals surface area contributed by atoms with Gasteiger partial charge in [-0.1, -0.05) is 6.92 Å². The van der Waals surface area contributed by atoms with Crippen LogP contribution in [0, 0.1) is 0 Å². The van der Waals surface area contributed by atoms with E-state index in [9.17, 15) is 14.4 Å². The first-order valence-electron chi connectivity index (χ1n) is 5.95. The van der Waals surface area contributed by atoms with Crippen LogP contribution in [0.4, 0.5) is 11.5 Å². The van der Waals surface area contributed by atoms with E-state index in [0.29, 0.717) is 13.0 Å². The maximum atomic E-state index is 11.7. The second kappa shape index (κ2) is 6.07. The molecule has 0 aliphatic rings. The lowest BCUT2D eigenvalue weighted by molar-refractivity contribution is -0.126. The number of nitrogens with one attached hydrogen (secondary N) is 2. The lowest BCUT2D eigenvalue weighted by atomic mass is 10.4. The molecule has 1 aromatic rings. The van der Waals surface area contributed by atoms with Crippen LogP contribution in [0.5, 0.6) is 0 Å².